The van der Waals surface area contributed by atoms with Crippen molar-refractivity contribution in [1.29, 1.82) is 0 Å². The molecule has 0 radical (unpaired) electrons. The fraction of sp³-hybridized carbons (Fsp3) is 0.571. The largest absolute Gasteiger partial charge is 0.507 e. The Balaban J connectivity index is 2.25. The van der Waals surface area contributed by atoms with Gasteiger partial charge in [-0.2, -0.15) is 0 Å². The molecule has 1 saturated carbocycles. The minimum atomic E-state index is -0.473. The summed E-state index contributed by atoms with van der Waals surface area (Å²) in [6, 6.07) is 3.99. The lowest BCUT2D eigenvalue weighted by molar-refractivity contribution is 0.151. The average Bonchev–Trinajstić information content (AvgIpc) is 2.91. The van der Waals surface area contributed by atoms with Crippen molar-refractivity contribution in [1.82, 2.24) is 4.90 Å². The molecule has 17 heavy (non-hydrogen) atoms. The molecule has 2 N–H and O–H groups in total. The van der Waals surface area contributed by atoms with Crippen LogP contribution in [0, 0.1) is 6.92 Å². The minimum absolute atomic E-state index is 0.380. The van der Waals surface area contributed by atoms with Gasteiger partial charge in [0.05, 0.1) is 5.60 Å². The molecule has 3 nitrogen and oxygen atoms in total. The van der Waals surface area contributed by atoms with E-state index in [9.17, 15) is 10.2 Å². The van der Waals surface area contributed by atoms with Crippen molar-refractivity contribution in [3.63, 3.8) is 0 Å². The van der Waals surface area contributed by atoms with Gasteiger partial charge in [0.15, 0.2) is 0 Å². The highest BCUT2D eigenvalue weighted by Crippen LogP contribution is 2.39. The minimum Gasteiger partial charge on any atom is -0.507 e. The first kappa shape index (κ1) is 12.4. The van der Waals surface area contributed by atoms with Gasteiger partial charge in [-0.1, -0.05) is 12.1 Å². The van der Waals surface area contributed by atoms with Crippen molar-refractivity contribution < 1.29 is 10.2 Å². The second-order valence-corrected chi connectivity index (χ2v) is 5.56. The first-order valence-electron chi connectivity index (χ1n) is 6.08. The lowest BCUT2D eigenvalue weighted by Crippen LogP contribution is -2.14. The van der Waals surface area contributed by atoms with Crippen molar-refractivity contribution in [3.8, 4) is 5.75 Å². The Labute approximate surface area is 103 Å². The number of phenols is 1. The number of rotatable bonds is 4. The Morgan fingerprint density at radius 1 is 1.29 bits per heavy atom. The number of phenolic OH excluding ortho intramolecular Hbond substituents is 1. The highest BCUT2D eigenvalue weighted by atomic mass is 16.3. The Morgan fingerprint density at radius 3 is 2.47 bits per heavy atom. The van der Waals surface area contributed by atoms with Crippen molar-refractivity contribution in [2.24, 2.45) is 0 Å². The second kappa shape index (κ2) is 4.31. The number of nitrogens with zero attached hydrogens (tertiary/aromatic N) is 1. The van der Waals surface area contributed by atoms with Crippen molar-refractivity contribution in [2.75, 3.05) is 14.1 Å². The molecule has 0 saturated heterocycles. The molecule has 0 aromatic heterocycles. The number of hydrogen-bond donors (Lipinski definition) is 2. The Morgan fingerprint density at radius 2 is 1.94 bits per heavy atom. The molecule has 0 heterocycles. The number of aliphatic hydroxyl groups is 1. The van der Waals surface area contributed by atoms with Gasteiger partial charge < -0.3 is 15.1 Å². The van der Waals surface area contributed by atoms with Crippen LogP contribution in [-0.2, 0) is 13.0 Å². The summed E-state index contributed by atoms with van der Waals surface area (Å²) in [6.45, 7) is 2.63. The lowest BCUT2D eigenvalue weighted by atomic mass is 9.99. The molecule has 1 fully saturated rings. The third kappa shape index (κ3) is 2.99. The topological polar surface area (TPSA) is 43.7 Å². The SMILES string of the molecule is Cc1cc(CC2(O)CC2)cc(CN(C)C)c1O. The highest BCUT2D eigenvalue weighted by molar-refractivity contribution is 5.43. The van der Waals surface area contributed by atoms with E-state index in [1.807, 2.05) is 38.1 Å². The van der Waals surface area contributed by atoms with E-state index >= 15 is 0 Å². The van der Waals surface area contributed by atoms with E-state index < -0.39 is 5.60 Å². The van der Waals surface area contributed by atoms with Gasteiger partial charge in [0.2, 0.25) is 0 Å². The van der Waals surface area contributed by atoms with Crippen LogP contribution in [0.15, 0.2) is 12.1 Å². The maximum atomic E-state index is 10.00. The molecule has 0 aliphatic heterocycles. The quantitative estimate of drug-likeness (QED) is 0.836. The van der Waals surface area contributed by atoms with Gasteiger partial charge in [-0.05, 0) is 45.0 Å². The lowest BCUT2D eigenvalue weighted by Gasteiger charge is -2.16. The van der Waals surface area contributed by atoms with Gasteiger partial charge in [0, 0.05) is 18.5 Å². The Kier molecular flexibility index (Phi) is 3.15. The van der Waals surface area contributed by atoms with Crippen LogP contribution in [0.1, 0.15) is 29.5 Å². The Hall–Kier alpha value is -1.06. The first-order valence-corrected chi connectivity index (χ1v) is 6.08. The predicted molar refractivity (Wildman–Crippen MR) is 68.1 cm³/mol. The van der Waals surface area contributed by atoms with Crippen LogP contribution in [0.25, 0.3) is 0 Å². The molecule has 94 valence electrons. The van der Waals surface area contributed by atoms with Crippen LogP contribution in [0.5, 0.6) is 5.75 Å². The summed E-state index contributed by atoms with van der Waals surface area (Å²) < 4.78 is 0. The zero-order valence-corrected chi connectivity index (χ0v) is 10.8. The third-order valence-electron chi connectivity index (χ3n) is 3.29. The number of benzene rings is 1. The van der Waals surface area contributed by atoms with Gasteiger partial charge in [-0.15, -0.1) is 0 Å². The van der Waals surface area contributed by atoms with E-state index in [0.29, 0.717) is 12.2 Å². The summed E-state index contributed by atoms with van der Waals surface area (Å²) in [6.07, 6.45) is 2.50. The van der Waals surface area contributed by atoms with Crippen LogP contribution in [0.3, 0.4) is 0 Å². The molecule has 1 aliphatic rings. The van der Waals surface area contributed by atoms with Crippen molar-refractivity contribution in [3.05, 3.63) is 28.8 Å². The summed E-state index contributed by atoms with van der Waals surface area (Å²) >= 11 is 0. The molecule has 1 aromatic carbocycles. The maximum absolute atomic E-state index is 10.00. The first-order chi connectivity index (χ1) is 7.89. The molecule has 0 unspecified atom stereocenters. The molecular weight excluding hydrogens is 214 g/mol. The number of aryl methyl sites for hydroxylation is 1. The van der Waals surface area contributed by atoms with E-state index in [0.717, 1.165) is 36.1 Å². The zero-order chi connectivity index (χ0) is 12.6. The van der Waals surface area contributed by atoms with Crippen LogP contribution in [-0.4, -0.2) is 34.8 Å². The summed E-state index contributed by atoms with van der Waals surface area (Å²) in [7, 11) is 3.96. The van der Waals surface area contributed by atoms with E-state index in [2.05, 4.69) is 0 Å². The third-order valence-corrected chi connectivity index (χ3v) is 3.29. The monoisotopic (exact) mass is 235 g/mol. The van der Waals surface area contributed by atoms with Crippen LogP contribution < -0.4 is 0 Å². The van der Waals surface area contributed by atoms with E-state index in [-0.39, 0.29) is 0 Å². The molecule has 0 atom stereocenters. The molecule has 0 bridgehead atoms. The fourth-order valence-electron chi connectivity index (χ4n) is 2.20. The summed E-state index contributed by atoms with van der Waals surface area (Å²) in [4.78, 5) is 2.03. The molecule has 2 rings (SSSR count). The van der Waals surface area contributed by atoms with E-state index in [1.54, 1.807) is 0 Å². The summed E-state index contributed by atoms with van der Waals surface area (Å²) in [5, 5.41) is 19.9. The van der Waals surface area contributed by atoms with Crippen molar-refractivity contribution >= 4 is 0 Å². The zero-order valence-electron chi connectivity index (χ0n) is 10.8. The standard InChI is InChI=1S/C14H21NO2/c1-10-6-11(8-14(17)4-5-14)7-12(13(10)16)9-15(2)3/h6-7,16-17H,4-5,8-9H2,1-3H3. The van der Waals surface area contributed by atoms with Crippen LogP contribution in [0.2, 0.25) is 0 Å². The smallest absolute Gasteiger partial charge is 0.122 e. The summed E-state index contributed by atoms with van der Waals surface area (Å²) in [5.74, 6) is 0.380. The van der Waals surface area contributed by atoms with E-state index in [1.165, 1.54) is 0 Å². The van der Waals surface area contributed by atoms with Gasteiger partial charge >= 0.3 is 0 Å². The maximum Gasteiger partial charge on any atom is 0.122 e. The molecule has 1 aliphatic carbocycles. The highest BCUT2D eigenvalue weighted by Gasteiger charge is 2.40. The summed E-state index contributed by atoms with van der Waals surface area (Å²) in [5.41, 5.74) is 2.48. The average molecular weight is 235 g/mol. The normalized spacial score (nSPS) is 17.5. The molecule has 0 spiro atoms. The van der Waals surface area contributed by atoms with E-state index in [4.69, 9.17) is 0 Å². The molecule has 3 heteroatoms. The second-order valence-electron chi connectivity index (χ2n) is 5.56. The van der Waals surface area contributed by atoms with Crippen LogP contribution in [0.4, 0.5) is 0 Å². The van der Waals surface area contributed by atoms with Gasteiger partial charge in [-0.25, -0.2) is 0 Å². The molecule has 0 amide bonds. The number of hydrogen-bond acceptors (Lipinski definition) is 3. The molecular formula is C14H21NO2. The number of aromatic hydroxyl groups is 1. The molecule has 1 aromatic rings. The van der Waals surface area contributed by atoms with Crippen LogP contribution >= 0.6 is 0 Å². The predicted octanol–water partition coefficient (Wildman–Crippen LogP) is 1.83. The Bertz CT molecular complexity index is 422. The van der Waals surface area contributed by atoms with Crippen molar-refractivity contribution in [2.45, 2.75) is 38.3 Å². The van der Waals surface area contributed by atoms with Gasteiger partial charge in [-0.3, -0.25) is 0 Å². The van der Waals surface area contributed by atoms with Gasteiger partial charge in [0.1, 0.15) is 5.75 Å². The fourth-order valence-corrected chi connectivity index (χ4v) is 2.20. The van der Waals surface area contributed by atoms with Gasteiger partial charge in [0.25, 0.3) is 0 Å².